The first-order chi connectivity index (χ1) is 9.62. The highest BCUT2D eigenvalue weighted by Crippen LogP contribution is 2.32. The van der Waals surface area contributed by atoms with Gasteiger partial charge in [0.05, 0.1) is 17.7 Å². The van der Waals surface area contributed by atoms with Crippen molar-refractivity contribution in [3.05, 3.63) is 46.2 Å². The summed E-state index contributed by atoms with van der Waals surface area (Å²) in [5.74, 6) is 3.30. The van der Waals surface area contributed by atoms with Crippen molar-refractivity contribution in [2.45, 2.75) is 6.92 Å². The minimum Gasteiger partial charge on any atom is -0.497 e. The number of nitrogens with zero attached hydrogens (tertiary/aromatic N) is 2. The number of rotatable bonds is 2. The van der Waals surface area contributed by atoms with Crippen LogP contribution < -0.4 is 4.74 Å². The van der Waals surface area contributed by atoms with E-state index in [2.05, 4.69) is 10.9 Å². The van der Waals surface area contributed by atoms with Crippen molar-refractivity contribution in [1.82, 2.24) is 4.98 Å². The van der Waals surface area contributed by atoms with E-state index in [1.165, 1.54) is 0 Å². The van der Waals surface area contributed by atoms with Gasteiger partial charge in [-0.1, -0.05) is 23.6 Å². The van der Waals surface area contributed by atoms with E-state index in [4.69, 9.17) is 28.0 Å². The molecule has 0 unspecified atom stereocenters. The third kappa shape index (κ3) is 2.32. The van der Waals surface area contributed by atoms with Crippen LogP contribution in [-0.4, -0.2) is 12.1 Å². The lowest BCUT2D eigenvalue weighted by Crippen LogP contribution is -1.95. The van der Waals surface area contributed by atoms with Gasteiger partial charge in [-0.05, 0) is 30.2 Å². The Bertz CT molecular complexity index is 754. The van der Waals surface area contributed by atoms with E-state index in [9.17, 15) is 0 Å². The highest BCUT2D eigenvalue weighted by molar-refractivity contribution is 6.33. The van der Waals surface area contributed by atoms with E-state index < -0.39 is 0 Å². The van der Waals surface area contributed by atoms with Crippen LogP contribution in [-0.2, 0) is 0 Å². The Kier molecular flexibility index (Phi) is 3.94. The van der Waals surface area contributed by atoms with Crippen LogP contribution in [0.4, 0.5) is 0 Å². The lowest BCUT2D eigenvalue weighted by Gasteiger charge is -2.11. The van der Waals surface area contributed by atoms with E-state index in [-0.39, 0.29) is 10.7 Å². The molecule has 2 aromatic rings. The summed E-state index contributed by atoms with van der Waals surface area (Å²) >= 11 is 6.12. The number of benzene rings is 1. The molecule has 0 fully saturated rings. The molecule has 2 rings (SSSR count). The molecule has 3 nitrogen and oxygen atoms in total. The number of terminal acetylenes is 1. The Hall–Kier alpha value is -2.49. The maximum Gasteiger partial charge on any atom is 0.160 e. The molecule has 1 heterocycles. The molecule has 0 bridgehead atoms. The summed E-state index contributed by atoms with van der Waals surface area (Å²) in [6, 6.07) is 7.57. The molecule has 0 aliphatic heterocycles. The number of halogens is 1. The average Bonchev–Trinajstić information content (AvgIpc) is 2.46. The second-order valence-electron chi connectivity index (χ2n) is 4.15. The summed E-state index contributed by atoms with van der Waals surface area (Å²) < 4.78 is 5.18. The number of hydrogen-bond donors (Lipinski definition) is 0. The summed E-state index contributed by atoms with van der Waals surface area (Å²) in [5, 5.41) is 9.15. The summed E-state index contributed by atoms with van der Waals surface area (Å²) in [7, 11) is 1.61. The first-order valence-corrected chi connectivity index (χ1v) is 6.20. The van der Waals surface area contributed by atoms with Crippen LogP contribution in [0.15, 0.2) is 24.4 Å². The third-order valence-electron chi connectivity index (χ3n) is 2.99. The van der Waals surface area contributed by atoms with E-state index in [0.717, 1.165) is 22.4 Å². The Balaban J connectivity index is 2.69. The van der Waals surface area contributed by atoms with Crippen molar-refractivity contribution in [2.75, 3.05) is 7.11 Å². The number of aryl methyl sites for hydroxylation is 1. The predicted molar refractivity (Wildman–Crippen MR) is 78.6 cm³/mol. The fraction of sp³-hybridized carbons (Fsp3) is 0.125. The third-order valence-corrected chi connectivity index (χ3v) is 3.36. The van der Waals surface area contributed by atoms with Crippen LogP contribution in [0.25, 0.3) is 11.1 Å². The SMILES string of the molecule is C#Cc1c(-c2ccc(OC)cc2C)cnc(C#N)c1Cl. The van der Waals surface area contributed by atoms with Crippen molar-refractivity contribution < 1.29 is 4.74 Å². The van der Waals surface area contributed by atoms with Crippen LogP contribution >= 0.6 is 11.6 Å². The second kappa shape index (κ2) is 5.65. The molecule has 0 saturated carbocycles. The molecule has 0 spiro atoms. The van der Waals surface area contributed by atoms with Gasteiger partial charge < -0.3 is 4.74 Å². The zero-order valence-electron chi connectivity index (χ0n) is 11.1. The molecule has 0 N–H and O–H groups in total. The van der Waals surface area contributed by atoms with Crippen molar-refractivity contribution in [3.63, 3.8) is 0 Å². The molecule has 0 radical (unpaired) electrons. The summed E-state index contributed by atoms with van der Waals surface area (Å²) in [4.78, 5) is 4.05. The molecular formula is C16H11ClN2O. The number of nitriles is 1. The Morgan fingerprint density at radius 1 is 1.35 bits per heavy atom. The quantitative estimate of drug-likeness (QED) is 0.791. The summed E-state index contributed by atoms with van der Waals surface area (Å²) in [5.41, 5.74) is 3.25. The number of methoxy groups -OCH3 is 1. The van der Waals surface area contributed by atoms with Crippen molar-refractivity contribution in [1.29, 1.82) is 5.26 Å². The molecule has 4 heteroatoms. The van der Waals surface area contributed by atoms with Gasteiger partial charge in [-0.15, -0.1) is 6.42 Å². The van der Waals surface area contributed by atoms with E-state index in [1.54, 1.807) is 13.3 Å². The highest BCUT2D eigenvalue weighted by atomic mass is 35.5. The fourth-order valence-electron chi connectivity index (χ4n) is 1.98. The molecule has 20 heavy (non-hydrogen) atoms. The zero-order valence-corrected chi connectivity index (χ0v) is 11.8. The van der Waals surface area contributed by atoms with Gasteiger partial charge in [0, 0.05) is 11.8 Å². The maximum atomic E-state index is 8.94. The summed E-state index contributed by atoms with van der Waals surface area (Å²) in [6.07, 6.45) is 7.10. The van der Waals surface area contributed by atoms with Gasteiger partial charge in [0.2, 0.25) is 0 Å². The molecule has 98 valence electrons. The van der Waals surface area contributed by atoms with Gasteiger partial charge in [0.15, 0.2) is 5.69 Å². The predicted octanol–water partition coefficient (Wildman–Crippen LogP) is 3.57. The van der Waals surface area contributed by atoms with Gasteiger partial charge in [0.25, 0.3) is 0 Å². The van der Waals surface area contributed by atoms with E-state index >= 15 is 0 Å². The summed E-state index contributed by atoms with van der Waals surface area (Å²) in [6.45, 7) is 1.95. The average molecular weight is 283 g/mol. The van der Waals surface area contributed by atoms with Crippen molar-refractivity contribution in [3.8, 4) is 35.3 Å². The standard InChI is InChI=1S/C16H11ClN2O/c1-4-12-14(9-19-15(8-18)16(12)17)13-6-5-11(20-3)7-10(13)2/h1,5-7,9H,2-3H3. The van der Waals surface area contributed by atoms with Crippen LogP contribution in [0, 0.1) is 30.6 Å². The first-order valence-electron chi connectivity index (χ1n) is 5.82. The monoisotopic (exact) mass is 282 g/mol. The molecular weight excluding hydrogens is 272 g/mol. The van der Waals surface area contributed by atoms with Crippen LogP contribution in [0.3, 0.4) is 0 Å². The van der Waals surface area contributed by atoms with Crippen molar-refractivity contribution >= 4 is 11.6 Å². The number of aromatic nitrogens is 1. The van der Waals surface area contributed by atoms with Crippen molar-refractivity contribution in [2.24, 2.45) is 0 Å². The molecule has 0 saturated heterocycles. The van der Waals surface area contributed by atoms with Crippen LogP contribution in [0.2, 0.25) is 5.02 Å². The lowest BCUT2D eigenvalue weighted by molar-refractivity contribution is 0.414. The van der Waals surface area contributed by atoms with Gasteiger partial charge in [0.1, 0.15) is 11.8 Å². The van der Waals surface area contributed by atoms with Gasteiger partial charge >= 0.3 is 0 Å². The molecule has 1 aromatic carbocycles. The van der Waals surface area contributed by atoms with E-state index in [1.807, 2.05) is 31.2 Å². The second-order valence-corrected chi connectivity index (χ2v) is 4.52. The number of hydrogen-bond acceptors (Lipinski definition) is 3. The first kappa shape index (κ1) is 13.9. The highest BCUT2D eigenvalue weighted by Gasteiger charge is 2.14. The smallest absolute Gasteiger partial charge is 0.160 e. The molecule has 0 atom stereocenters. The number of pyridine rings is 1. The topological polar surface area (TPSA) is 45.9 Å². The Morgan fingerprint density at radius 2 is 2.10 bits per heavy atom. The fourth-order valence-corrected chi connectivity index (χ4v) is 2.22. The normalized spacial score (nSPS) is 9.65. The van der Waals surface area contributed by atoms with E-state index in [0.29, 0.717) is 5.56 Å². The molecule has 0 aliphatic carbocycles. The molecule has 0 amide bonds. The minimum absolute atomic E-state index is 0.134. The van der Waals surface area contributed by atoms with Gasteiger partial charge in [-0.3, -0.25) is 0 Å². The largest absolute Gasteiger partial charge is 0.497 e. The minimum atomic E-state index is 0.134. The zero-order chi connectivity index (χ0) is 14.7. The molecule has 0 aliphatic rings. The van der Waals surface area contributed by atoms with Crippen LogP contribution in [0.1, 0.15) is 16.8 Å². The number of ether oxygens (including phenoxy) is 1. The molecule has 1 aromatic heterocycles. The van der Waals surface area contributed by atoms with Gasteiger partial charge in [-0.2, -0.15) is 5.26 Å². The Morgan fingerprint density at radius 3 is 2.65 bits per heavy atom. The Labute approximate surface area is 122 Å². The lowest BCUT2D eigenvalue weighted by atomic mass is 9.97. The maximum absolute atomic E-state index is 8.94. The van der Waals surface area contributed by atoms with Crippen LogP contribution in [0.5, 0.6) is 5.75 Å². The van der Waals surface area contributed by atoms with Gasteiger partial charge in [-0.25, -0.2) is 4.98 Å².